The van der Waals surface area contributed by atoms with E-state index in [0.29, 0.717) is 32.0 Å². The lowest BCUT2D eigenvalue weighted by Gasteiger charge is -2.26. The van der Waals surface area contributed by atoms with Crippen molar-refractivity contribution in [3.8, 4) is 0 Å². The molecule has 0 saturated carbocycles. The molecule has 1 heterocycles. The van der Waals surface area contributed by atoms with E-state index < -0.39 is 15.9 Å². The zero-order chi connectivity index (χ0) is 19.8. The fraction of sp³-hybridized carbons (Fsp3) is 0.263. The highest BCUT2D eigenvalue weighted by molar-refractivity contribution is 7.89. The highest BCUT2D eigenvalue weighted by Gasteiger charge is 2.26. The molecule has 1 amide bonds. The summed E-state index contributed by atoms with van der Waals surface area (Å²) in [4.78, 5) is 17.1. The van der Waals surface area contributed by atoms with E-state index in [1.54, 1.807) is 12.1 Å². The number of hydrogen-bond donors (Lipinski definition) is 1. The number of anilines is 1. The first-order valence-corrected chi connectivity index (χ1v) is 10.2. The Balaban J connectivity index is 1.56. The second-order valence-electron chi connectivity index (χ2n) is 6.01. The third kappa shape index (κ3) is 5.38. The molecule has 0 spiro atoms. The molecule has 0 aromatic heterocycles. The van der Waals surface area contributed by atoms with Crippen molar-refractivity contribution in [1.82, 2.24) is 4.31 Å². The molecule has 2 aromatic carbocycles. The topological polar surface area (TPSA) is 97.3 Å². The highest BCUT2D eigenvalue weighted by atomic mass is 32.2. The molecule has 0 atom stereocenters. The number of sulfonamides is 1. The molecule has 3 rings (SSSR count). The predicted molar refractivity (Wildman–Crippen MR) is 105 cm³/mol. The number of amides is 1. The van der Waals surface area contributed by atoms with Gasteiger partial charge in [-0.2, -0.15) is 4.31 Å². The van der Waals surface area contributed by atoms with Crippen molar-refractivity contribution in [2.24, 2.45) is 5.16 Å². The molecule has 0 radical (unpaired) electrons. The number of rotatable bonds is 7. The van der Waals surface area contributed by atoms with Gasteiger partial charge in [0, 0.05) is 18.8 Å². The van der Waals surface area contributed by atoms with Crippen molar-refractivity contribution in [3.63, 3.8) is 0 Å². The highest BCUT2D eigenvalue weighted by Crippen LogP contribution is 2.20. The van der Waals surface area contributed by atoms with Crippen LogP contribution in [0.25, 0.3) is 0 Å². The van der Waals surface area contributed by atoms with Crippen LogP contribution in [-0.2, 0) is 24.4 Å². The Morgan fingerprint density at radius 3 is 2.64 bits per heavy atom. The minimum absolute atomic E-state index is 0.121. The van der Waals surface area contributed by atoms with E-state index in [1.165, 1.54) is 22.7 Å². The maximum Gasteiger partial charge on any atom is 0.265 e. The minimum atomic E-state index is -3.62. The summed E-state index contributed by atoms with van der Waals surface area (Å²) in [5, 5.41) is 6.35. The fourth-order valence-electron chi connectivity index (χ4n) is 2.60. The van der Waals surface area contributed by atoms with Crippen molar-refractivity contribution in [3.05, 3.63) is 60.2 Å². The van der Waals surface area contributed by atoms with E-state index in [2.05, 4.69) is 10.5 Å². The Bertz CT molecular complexity index is 926. The first-order chi connectivity index (χ1) is 13.6. The first kappa shape index (κ1) is 20.0. The summed E-state index contributed by atoms with van der Waals surface area (Å²) in [6, 6.07) is 15.5. The average Bonchev–Trinajstić information content (AvgIpc) is 2.73. The Hall–Kier alpha value is -2.75. The summed E-state index contributed by atoms with van der Waals surface area (Å²) in [6.07, 6.45) is 1.50. The lowest BCUT2D eigenvalue weighted by Crippen LogP contribution is -2.40. The van der Waals surface area contributed by atoms with Gasteiger partial charge in [0.15, 0.2) is 6.61 Å². The Kier molecular flexibility index (Phi) is 6.75. The molecular formula is C19H21N3O5S. The molecule has 2 aromatic rings. The lowest BCUT2D eigenvalue weighted by molar-refractivity contribution is -0.120. The van der Waals surface area contributed by atoms with Gasteiger partial charge in [0.2, 0.25) is 10.0 Å². The van der Waals surface area contributed by atoms with E-state index in [-0.39, 0.29) is 11.5 Å². The van der Waals surface area contributed by atoms with Crippen LogP contribution in [0.15, 0.2) is 64.6 Å². The smallest absolute Gasteiger partial charge is 0.265 e. The summed E-state index contributed by atoms with van der Waals surface area (Å²) in [5.74, 6) is -0.439. The van der Waals surface area contributed by atoms with Crippen LogP contribution >= 0.6 is 0 Å². The van der Waals surface area contributed by atoms with Gasteiger partial charge in [-0.15, -0.1) is 0 Å². The van der Waals surface area contributed by atoms with Crippen LogP contribution < -0.4 is 5.32 Å². The van der Waals surface area contributed by atoms with Crippen LogP contribution in [0.5, 0.6) is 0 Å². The second-order valence-corrected chi connectivity index (χ2v) is 7.95. The van der Waals surface area contributed by atoms with E-state index in [4.69, 9.17) is 9.57 Å². The second kappa shape index (κ2) is 9.45. The van der Waals surface area contributed by atoms with Crippen LogP contribution in [0, 0.1) is 0 Å². The molecule has 9 heteroatoms. The zero-order valence-corrected chi connectivity index (χ0v) is 16.0. The van der Waals surface area contributed by atoms with Gasteiger partial charge in [0.05, 0.1) is 24.3 Å². The van der Waals surface area contributed by atoms with Gasteiger partial charge in [-0.25, -0.2) is 8.42 Å². The number of hydrogen-bond acceptors (Lipinski definition) is 6. The quantitative estimate of drug-likeness (QED) is 0.561. The summed E-state index contributed by atoms with van der Waals surface area (Å²) < 4.78 is 31.9. The van der Waals surface area contributed by atoms with Gasteiger partial charge in [-0.05, 0) is 23.8 Å². The molecule has 1 aliphatic heterocycles. The molecule has 28 heavy (non-hydrogen) atoms. The first-order valence-electron chi connectivity index (χ1n) is 8.74. The van der Waals surface area contributed by atoms with Gasteiger partial charge >= 0.3 is 0 Å². The average molecular weight is 403 g/mol. The summed E-state index contributed by atoms with van der Waals surface area (Å²) in [5.41, 5.74) is 1.22. The van der Waals surface area contributed by atoms with E-state index >= 15 is 0 Å². The zero-order valence-electron chi connectivity index (χ0n) is 15.2. The molecule has 0 unspecified atom stereocenters. The predicted octanol–water partition coefficient (Wildman–Crippen LogP) is 1.70. The Morgan fingerprint density at radius 1 is 1.14 bits per heavy atom. The molecular weight excluding hydrogens is 382 g/mol. The van der Waals surface area contributed by atoms with E-state index in [1.807, 2.05) is 30.3 Å². The third-order valence-electron chi connectivity index (χ3n) is 4.00. The molecule has 148 valence electrons. The summed E-state index contributed by atoms with van der Waals surface area (Å²) >= 11 is 0. The van der Waals surface area contributed by atoms with Gasteiger partial charge in [-0.3, -0.25) is 4.79 Å². The SMILES string of the molecule is O=C(CO/N=C/c1ccccc1)Nc1cccc(S(=O)(=O)N2CCOCC2)c1. The van der Waals surface area contributed by atoms with Crippen molar-refractivity contribution in [2.75, 3.05) is 38.2 Å². The summed E-state index contributed by atoms with van der Waals surface area (Å²) in [7, 11) is -3.62. The van der Waals surface area contributed by atoms with Crippen LogP contribution in [0.3, 0.4) is 0 Å². The normalized spacial score (nSPS) is 15.4. The van der Waals surface area contributed by atoms with E-state index in [0.717, 1.165) is 5.56 Å². The van der Waals surface area contributed by atoms with Crippen molar-refractivity contribution >= 4 is 27.8 Å². The Morgan fingerprint density at radius 2 is 1.89 bits per heavy atom. The largest absolute Gasteiger partial charge is 0.386 e. The fourth-order valence-corrected chi connectivity index (χ4v) is 4.05. The van der Waals surface area contributed by atoms with Gasteiger partial charge in [-0.1, -0.05) is 41.6 Å². The lowest BCUT2D eigenvalue weighted by atomic mass is 10.2. The van der Waals surface area contributed by atoms with Crippen LogP contribution in [0.1, 0.15) is 5.56 Å². The monoisotopic (exact) mass is 403 g/mol. The molecule has 0 aliphatic carbocycles. The number of morpholine rings is 1. The number of carbonyl (C=O) groups is 1. The number of benzene rings is 2. The molecule has 1 saturated heterocycles. The number of nitrogens with one attached hydrogen (secondary N) is 1. The number of nitrogens with zero attached hydrogens (tertiary/aromatic N) is 2. The van der Waals surface area contributed by atoms with Crippen LogP contribution in [-0.4, -0.2) is 57.8 Å². The maximum absolute atomic E-state index is 12.7. The van der Waals surface area contributed by atoms with Gasteiger partial charge < -0.3 is 14.9 Å². The molecule has 8 nitrogen and oxygen atoms in total. The van der Waals surface area contributed by atoms with Crippen molar-refractivity contribution in [1.29, 1.82) is 0 Å². The minimum Gasteiger partial charge on any atom is -0.386 e. The number of ether oxygens (including phenoxy) is 1. The number of oxime groups is 1. The Labute approximate surface area is 163 Å². The van der Waals surface area contributed by atoms with Gasteiger partial charge in [0.25, 0.3) is 5.91 Å². The molecule has 1 N–H and O–H groups in total. The maximum atomic E-state index is 12.7. The van der Waals surface area contributed by atoms with E-state index in [9.17, 15) is 13.2 Å². The summed E-state index contributed by atoms with van der Waals surface area (Å²) in [6.45, 7) is 1.08. The van der Waals surface area contributed by atoms with Crippen molar-refractivity contribution in [2.45, 2.75) is 4.90 Å². The van der Waals surface area contributed by atoms with Crippen molar-refractivity contribution < 1.29 is 22.8 Å². The number of carbonyl (C=O) groups excluding carboxylic acids is 1. The van der Waals surface area contributed by atoms with Gasteiger partial charge in [0.1, 0.15) is 0 Å². The molecule has 1 fully saturated rings. The third-order valence-corrected chi connectivity index (χ3v) is 5.89. The van der Waals surface area contributed by atoms with Crippen LogP contribution in [0.2, 0.25) is 0 Å². The molecule has 0 bridgehead atoms. The standard InChI is InChI=1S/C19H21N3O5S/c23-19(15-27-20-14-16-5-2-1-3-6-16)21-17-7-4-8-18(13-17)28(24,25)22-9-11-26-12-10-22/h1-8,13-14H,9-12,15H2,(H,21,23)/b20-14+. The molecule has 1 aliphatic rings. The van der Waals surface area contributed by atoms with Crippen LogP contribution in [0.4, 0.5) is 5.69 Å².